The van der Waals surface area contributed by atoms with E-state index in [1.54, 1.807) is 6.92 Å². The molecule has 0 aliphatic heterocycles. The summed E-state index contributed by atoms with van der Waals surface area (Å²) in [5, 5.41) is 4.94. The molecule has 0 amide bonds. The van der Waals surface area contributed by atoms with E-state index in [2.05, 4.69) is 6.07 Å². The van der Waals surface area contributed by atoms with E-state index in [0.29, 0.717) is 0 Å². The van der Waals surface area contributed by atoms with Gasteiger partial charge in [0.05, 0.1) is 4.90 Å². The Morgan fingerprint density at radius 3 is 2.33 bits per heavy atom. The number of nitrogens with two attached hydrogens (primary N) is 1. The lowest BCUT2D eigenvalue weighted by atomic mass is 10.2. The molecule has 12 heavy (non-hydrogen) atoms. The molecule has 2 N–H and O–H groups in total. The summed E-state index contributed by atoms with van der Waals surface area (Å²) in [6, 6.07) is 6.02. The zero-order chi connectivity index (χ0) is 9.35. The maximum atomic E-state index is 10.9. The van der Waals surface area contributed by atoms with Crippen LogP contribution in [0.15, 0.2) is 17.0 Å². The monoisotopic (exact) mass is 184 g/mol. The highest BCUT2D eigenvalue weighted by Gasteiger charge is 2.08. The topological polar surface area (TPSA) is 60.2 Å². The third-order valence-corrected chi connectivity index (χ3v) is 2.26. The maximum Gasteiger partial charge on any atom is 0.238 e. The lowest BCUT2D eigenvalue weighted by molar-refractivity contribution is 0.597. The molecule has 0 bridgehead atoms. The van der Waals surface area contributed by atoms with Gasteiger partial charge in [-0.05, 0) is 31.0 Å². The van der Waals surface area contributed by atoms with Crippen LogP contribution in [0.2, 0.25) is 0 Å². The van der Waals surface area contributed by atoms with E-state index in [4.69, 9.17) is 5.14 Å². The Bertz CT molecular complexity index is 375. The zero-order valence-corrected chi connectivity index (χ0v) is 7.77. The first-order chi connectivity index (χ1) is 5.39. The van der Waals surface area contributed by atoms with Gasteiger partial charge in [-0.1, -0.05) is 6.07 Å². The van der Waals surface area contributed by atoms with Crippen LogP contribution in [0, 0.1) is 19.9 Å². The summed E-state index contributed by atoms with van der Waals surface area (Å²) in [4.78, 5) is 0.0556. The van der Waals surface area contributed by atoms with Crippen molar-refractivity contribution in [3.8, 4) is 0 Å². The van der Waals surface area contributed by atoms with Crippen molar-refractivity contribution in [1.82, 2.24) is 0 Å². The summed E-state index contributed by atoms with van der Waals surface area (Å²) in [6.07, 6.45) is 0. The van der Waals surface area contributed by atoms with Crippen LogP contribution >= 0.6 is 0 Å². The quantitative estimate of drug-likeness (QED) is 0.700. The molecular formula is C8H10NO2S. The van der Waals surface area contributed by atoms with Gasteiger partial charge in [0.15, 0.2) is 0 Å². The molecule has 0 atom stereocenters. The van der Waals surface area contributed by atoms with E-state index in [0.717, 1.165) is 11.1 Å². The van der Waals surface area contributed by atoms with Crippen molar-refractivity contribution >= 4 is 10.0 Å². The molecule has 1 aromatic carbocycles. The second-order valence-electron chi connectivity index (χ2n) is 2.75. The highest BCUT2D eigenvalue weighted by atomic mass is 32.2. The van der Waals surface area contributed by atoms with Crippen molar-refractivity contribution < 1.29 is 8.42 Å². The Kier molecular flexibility index (Phi) is 2.21. The van der Waals surface area contributed by atoms with Crippen LogP contribution < -0.4 is 5.14 Å². The number of sulfonamides is 1. The standard InChI is InChI=1S/C8H10NO2S/c1-6-3-7(2)5-8(4-6)12(9,10)11/h3-4H,1-2H3,(H2,9,10,11). The minimum absolute atomic E-state index is 0.0556. The van der Waals surface area contributed by atoms with Gasteiger partial charge in [0, 0.05) is 6.07 Å². The molecule has 0 saturated heterocycles. The van der Waals surface area contributed by atoms with Crippen molar-refractivity contribution in [3.63, 3.8) is 0 Å². The first-order valence-electron chi connectivity index (χ1n) is 3.43. The van der Waals surface area contributed by atoms with E-state index < -0.39 is 10.0 Å². The Morgan fingerprint density at radius 1 is 1.33 bits per heavy atom. The fourth-order valence-electron chi connectivity index (χ4n) is 1.01. The molecule has 0 saturated carbocycles. The molecule has 0 aromatic heterocycles. The third-order valence-electron chi connectivity index (χ3n) is 1.43. The third kappa shape index (κ3) is 2.06. The highest BCUT2D eigenvalue weighted by molar-refractivity contribution is 7.89. The number of benzene rings is 1. The average molecular weight is 184 g/mol. The molecule has 0 heterocycles. The smallest absolute Gasteiger partial charge is 0.225 e. The van der Waals surface area contributed by atoms with Gasteiger partial charge in [-0.2, -0.15) is 0 Å². The Balaban J connectivity index is 3.37. The van der Waals surface area contributed by atoms with Crippen LogP contribution in [-0.4, -0.2) is 8.42 Å². The van der Waals surface area contributed by atoms with Gasteiger partial charge < -0.3 is 0 Å². The molecule has 0 aliphatic carbocycles. The summed E-state index contributed by atoms with van der Waals surface area (Å²) in [6.45, 7) is 3.59. The van der Waals surface area contributed by atoms with Crippen molar-refractivity contribution in [2.45, 2.75) is 18.7 Å². The fraction of sp³-hybridized carbons (Fsp3) is 0.250. The highest BCUT2D eigenvalue weighted by Crippen LogP contribution is 2.11. The molecule has 3 nitrogen and oxygen atoms in total. The largest absolute Gasteiger partial charge is 0.238 e. The van der Waals surface area contributed by atoms with Crippen molar-refractivity contribution in [1.29, 1.82) is 0 Å². The summed E-state index contributed by atoms with van der Waals surface area (Å²) >= 11 is 0. The molecule has 4 heteroatoms. The minimum atomic E-state index is -3.60. The van der Waals surface area contributed by atoms with Crippen LogP contribution in [0.25, 0.3) is 0 Å². The van der Waals surface area contributed by atoms with E-state index in [-0.39, 0.29) is 4.90 Å². The Hall–Kier alpha value is -0.870. The van der Waals surface area contributed by atoms with E-state index in [1.165, 1.54) is 6.07 Å². The number of primary sulfonamides is 1. The van der Waals surface area contributed by atoms with Crippen LogP contribution in [0.1, 0.15) is 11.1 Å². The molecule has 0 unspecified atom stereocenters. The second-order valence-corrected chi connectivity index (χ2v) is 4.28. The molecule has 1 rings (SSSR count). The van der Waals surface area contributed by atoms with E-state index in [1.807, 2.05) is 13.0 Å². The molecular weight excluding hydrogens is 174 g/mol. The van der Waals surface area contributed by atoms with Gasteiger partial charge in [0.25, 0.3) is 0 Å². The summed E-state index contributed by atoms with van der Waals surface area (Å²) in [5.74, 6) is 0. The van der Waals surface area contributed by atoms with Crippen LogP contribution in [0.4, 0.5) is 0 Å². The van der Waals surface area contributed by atoms with Gasteiger partial charge in [0.1, 0.15) is 0 Å². The first-order valence-corrected chi connectivity index (χ1v) is 4.97. The van der Waals surface area contributed by atoms with Crippen molar-refractivity contribution in [2.24, 2.45) is 5.14 Å². The lowest BCUT2D eigenvalue weighted by Gasteiger charge is -2.00. The average Bonchev–Trinajstić information content (AvgIpc) is 1.82. The Labute approximate surface area is 72.3 Å². The lowest BCUT2D eigenvalue weighted by Crippen LogP contribution is -2.12. The van der Waals surface area contributed by atoms with E-state index >= 15 is 0 Å². The number of hydrogen-bond acceptors (Lipinski definition) is 2. The zero-order valence-electron chi connectivity index (χ0n) is 6.96. The molecule has 0 aliphatic rings. The minimum Gasteiger partial charge on any atom is -0.225 e. The van der Waals surface area contributed by atoms with Crippen LogP contribution in [-0.2, 0) is 10.0 Å². The van der Waals surface area contributed by atoms with Crippen LogP contribution in [0.5, 0.6) is 0 Å². The van der Waals surface area contributed by atoms with Gasteiger partial charge >= 0.3 is 0 Å². The van der Waals surface area contributed by atoms with E-state index in [9.17, 15) is 8.42 Å². The summed E-state index contributed by atoms with van der Waals surface area (Å²) in [7, 11) is -3.60. The predicted molar refractivity (Wildman–Crippen MR) is 46.1 cm³/mol. The van der Waals surface area contributed by atoms with Crippen LogP contribution in [0.3, 0.4) is 0 Å². The number of rotatable bonds is 1. The normalized spacial score (nSPS) is 11.6. The van der Waals surface area contributed by atoms with Gasteiger partial charge in [0.2, 0.25) is 10.0 Å². The number of hydrogen-bond donors (Lipinski definition) is 1. The molecule has 65 valence electrons. The summed E-state index contributed by atoms with van der Waals surface area (Å²) < 4.78 is 21.8. The maximum absolute atomic E-state index is 10.9. The van der Waals surface area contributed by atoms with Gasteiger partial charge in [-0.25, -0.2) is 13.6 Å². The molecule has 1 radical (unpaired) electrons. The molecule has 0 spiro atoms. The predicted octanol–water partition coefficient (Wildman–Crippen LogP) is 0.751. The van der Waals surface area contributed by atoms with Gasteiger partial charge in [-0.15, -0.1) is 0 Å². The first kappa shape index (κ1) is 9.22. The van der Waals surface area contributed by atoms with Crippen molar-refractivity contribution in [3.05, 3.63) is 29.3 Å². The number of aryl methyl sites for hydroxylation is 2. The SMILES string of the molecule is Cc1[c]c(S(N)(=O)=O)cc(C)c1. The summed E-state index contributed by atoms with van der Waals surface area (Å²) in [5.41, 5.74) is 1.65. The fourth-order valence-corrected chi connectivity index (χ4v) is 1.66. The van der Waals surface area contributed by atoms with Gasteiger partial charge in [-0.3, -0.25) is 0 Å². The Morgan fingerprint density at radius 2 is 1.92 bits per heavy atom. The van der Waals surface area contributed by atoms with Crippen molar-refractivity contribution in [2.75, 3.05) is 0 Å². The molecule has 0 fully saturated rings. The second kappa shape index (κ2) is 2.88. The molecule has 1 aromatic rings.